The standard InChI is InChI=1S/C11H12N2O3/c14-9(8-3-1-6-12-7-8)13-11(10(15)16)4-2-5-11/h1,3,6-7H,2,4-5H2,(H,13,14)(H,15,16). The Labute approximate surface area is 92.5 Å². The summed E-state index contributed by atoms with van der Waals surface area (Å²) in [5, 5.41) is 11.6. The number of carboxylic acid groups (broad SMARTS) is 1. The quantitative estimate of drug-likeness (QED) is 0.790. The molecular formula is C11H12N2O3. The maximum absolute atomic E-state index is 11.7. The van der Waals surface area contributed by atoms with Gasteiger partial charge in [-0.15, -0.1) is 0 Å². The molecule has 1 fully saturated rings. The zero-order valence-corrected chi connectivity index (χ0v) is 8.64. The zero-order valence-electron chi connectivity index (χ0n) is 8.64. The molecule has 1 aromatic rings. The summed E-state index contributed by atoms with van der Waals surface area (Å²) in [5.74, 6) is -1.34. The lowest BCUT2D eigenvalue weighted by molar-refractivity contribution is -0.148. The van der Waals surface area contributed by atoms with E-state index in [-0.39, 0.29) is 5.91 Å². The van der Waals surface area contributed by atoms with Gasteiger partial charge >= 0.3 is 5.97 Å². The van der Waals surface area contributed by atoms with E-state index in [1.54, 1.807) is 18.3 Å². The molecule has 0 spiro atoms. The zero-order chi connectivity index (χ0) is 11.6. The number of carbonyl (C=O) groups excluding carboxylic acids is 1. The molecule has 0 atom stereocenters. The summed E-state index contributed by atoms with van der Waals surface area (Å²) < 4.78 is 0. The van der Waals surface area contributed by atoms with Crippen LogP contribution in [0.4, 0.5) is 0 Å². The molecule has 0 aromatic carbocycles. The molecule has 1 amide bonds. The number of hydrogen-bond donors (Lipinski definition) is 2. The molecule has 0 saturated heterocycles. The number of aromatic nitrogens is 1. The molecule has 0 bridgehead atoms. The van der Waals surface area contributed by atoms with Crippen LogP contribution in [-0.4, -0.2) is 27.5 Å². The fraction of sp³-hybridized carbons (Fsp3) is 0.364. The van der Waals surface area contributed by atoms with E-state index in [0.717, 1.165) is 6.42 Å². The molecule has 1 saturated carbocycles. The van der Waals surface area contributed by atoms with Crippen molar-refractivity contribution in [2.75, 3.05) is 0 Å². The third kappa shape index (κ3) is 1.76. The molecule has 0 radical (unpaired) electrons. The monoisotopic (exact) mass is 220 g/mol. The average molecular weight is 220 g/mol. The first-order chi connectivity index (χ1) is 7.64. The topological polar surface area (TPSA) is 79.3 Å². The number of hydrogen-bond acceptors (Lipinski definition) is 3. The van der Waals surface area contributed by atoms with Gasteiger partial charge in [-0.1, -0.05) is 0 Å². The van der Waals surface area contributed by atoms with Gasteiger partial charge in [0, 0.05) is 12.4 Å². The number of carbonyl (C=O) groups is 2. The maximum atomic E-state index is 11.7. The molecule has 1 aliphatic rings. The summed E-state index contributed by atoms with van der Waals surface area (Å²) in [4.78, 5) is 26.6. The van der Waals surface area contributed by atoms with Crippen LogP contribution in [-0.2, 0) is 4.79 Å². The Morgan fingerprint density at radius 1 is 1.44 bits per heavy atom. The van der Waals surface area contributed by atoms with Crippen LogP contribution in [0.5, 0.6) is 0 Å². The number of aliphatic carboxylic acids is 1. The van der Waals surface area contributed by atoms with Gasteiger partial charge in [0.2, 0.25) is 0 Å². The number of nitrogens with one attached hydrogen (secondary N) is 1. The van der Waals surface area contributed by atoms with Gasteiger partial charge in [-0.2, -0.15) is 0 Å². The molecule has 2 N–H and O–H groups in total. The van der Waals surface area contributed by atoms with Crippen molar-refractivity contribution in [3.05, 3.63) is 30.1 Å². The minimum Gasteiger partial charge on any atom is -0.480 e. The van der Waals surface area contributed by atoms with Crippen molar-refractivity contribution in [2.45, 2.75) is 24.8 Å². The summed E-state index contributed by atoms with van der Waals surface area (Å²) in [6.45, 7) is 0. The first-order valence-corrected chi connectivity index (χ1v) is 5.10. The number of rotatable bonds is 3. The van der Waals surface area contributed by atoms with Gasteiger partial charge < -0.3 is 10.4 Å². The van der Waals surface area contributed by atoms with Gasteiger partial charge in [-0.25, -0.2) is 4.79 Å². The van der Waals surface area contributed by atoms with Crippen LogP contribution >= 0.6 is 0 Å². The SMILES string of the molecule is O=C(NC1(C(=O)O)CCC1)c1cccnc1. The van der Waals surface area contributed by atoms with Gasteiger partial charge in [0.25, 0.3) is 5.91 Å². The fourth-order valence-electron chi connectivity index (χ4n) is 1.71. The number of pyridine rings is 1. The Kier molecular flexibility index (Phi) is 2.60. The van der Waals surface area contributed by atoms with E-state index in [9.17, 15) is 9.59 Å². The maximum Gasteiger partial charge on any atom is 0.329 e. The average Bonchev–Trinajstić information content (AvgIpc) is 2.24. The van der Waals surface area contributed by atoms with E-state index in [1.165, 1.54) is 6.20 Å². The molecule has 0 aliphatic heterocycles. The first-order valence-electron chi connectivity index (χ1n) is 5.10. The summed E-state index contributed by atoms with van der Waals surface area (Å²) in [7, 11) is 0. The van der Waals surface area contributed by atoms with E-state index in [2.05, 4.69) is 10.3 Å². The van der Waals surface area contributed by atoms with Crippen molar-refractivity contribution in [1.29, 1.82) is 0 Å². The van der Waals surface area contributed by atoms with Gasteiger partial charge in [0.05, 0.1) is 5.56 Å². The lowest BCUT2D eigenvalue weighted by atomic mass is 9.76. The van der Waals surface area contributed by atoms with E-state index in [0.29, 0.717) is 18.4 Å². The Hall–Kier alpha value is -1.91. The van der Waals surface area contributed by atoms with Crippen LogP contribution in [0, 0.1) is 0 Å². The summed E-state index contributed by atoms with van der Waals surface area (Å²) in [6, 6.07) is 3.25. The van der Waals surface area contributed by atoms with Crippen molar-refractivity contribution < 1.29 is 14.7 Å². The van der Waals surface area contributed by atoms with Crippen molar-refractivity contribution in [2.24, 2.45) is 0 Å². The third-order valence-electron chi connectivity index (χ3n) is 2.89. The highest BCUT2D eigenvalue weighted by Gasteiger charge is 2.45. The Balaban J connectivity index is 2.10. The van der Waals surface area contributed by atoms with Crippen molar-refractivity contribution in [1.82, 2.24) is 10.3 Å². The van der Waals surface area contributed by atoms with Crippen LogP contribution in [0.15, 0.2) is 24.5 Å². The number of carboxylic acids is 1. The van der Waals surface area contributed by atoms with Crippen LogP contribution in [0.25, 0.3) is 0 Å². The van der Waals surface area contributed by atoms with Crippen molar-refractivity contribution in [3.8, 4) is 0 Å². The first kappa shape index (κ1) is 10.6. The summed E-state index contributed by atoms with van der Waals surface area (Å²) >= 11 is 0. The number of nitrogens with zero attached hydrogens (tertiary/aromatic N) is 1. The van der Waals surface area contributed by atoms with Crippen LogP contribution in [0.1, 0.15) is 29.6 Å². The molecule has 1 aromatic heterocycles. The molecule has 1 aliphatic carbocycles. The van der Waals surface area contributed by atoms with Gasteiger partial charge in [-0.05, 0) is 31.4 Å². The van der Waals surface area contributed by atoms with Crippen molar-refractivity contribution in [3.63, 3.8) is 0 Å². The second kappa shape index (κ2) is 3.92. The van der Waals surface area contributed by atoms with E-state index >= 15 is 0 Å². The largest absolute Gasteiger partial charge is 0.480 e. The molecule has 16 heavy (non-hydrogen) atoms. The molecule has 2 rings (SSSR count). The van der Waals surface area contributed by atoms with E-state index in [1.807, 2.05) is 0 Å². The highest BCUT2D eigenvalue weighted by molar-refractivity contribution is 5.97. The minimum absolute atomic E-state index is 0.379. The van der Waals surface area contributed by atoms with Crippen LogP contribution < -0.4 is 5.32 Å². The predicted octanol–water partition coefficient (Wildman–Crippen LogP) is 0.819. The highest BCUT2D eigenvalue weighted by Crippen LogP contribution is 2.32. The second-order valence-corrected chi connectivity index (χ2v) is 3.94. The summed E-state index contributed by atoms with van der Waals surface area (Å²) in [5.41, 5.74) is -0.678. The minimum atomic E-state index is -1.06. The Morgan fingerprint density at radius 2 is 2.19 bits per heavy atom. The van der Waals surface area contributed by atoms with Crippen LogP contribution in [0.2, 0.25) is 0 Å². The summed E-state index contributed by atoms with van der Waals surface area (Å²) in [6.07, 6.45) is 4.80. The molecule has 1 heterocycles. The number of amides is 1. The normalized spacial score (nSPS) is 17.2. The van der Waals surface area contributed by atoms with E-state index < -0.39 is 11.5 Å². The smallest absolute Gasteiger partial charge is 0.329 e. The molecule has 84 valence electrons. The highest BCUT2D eigenvalue weighted by atomic mass is 16.4. The Morgan fingerprint density at radius 3 is 2.62 bits per heavy atom. The van der Waals surface area contributed by atoms with Gasteiger partial charge in [0.15, 0.2) is 0 Å². The fourth-order valence-corrected chi connectivity index (χ4v) is 1.71. The van der Waals surface area contributed by atoms with Crippen LogP contribution in [0.3, 0.4) is 0 Å². The van der Waals surface area contributed by atoms with Gasteiger partial charge in [-0.3, -0.25) is 9.78 Å². The molecular weight excluding hydrogens is 208 g/mol. The molecule has 5 heteroatoms. The molecule has 0 unspecified atom stereocenters. The van der Waals surface area contributed by atoms with Gasteiger partial charge in [0.1, 0.15) is 5.54 Å². The molecule has 5 nitrogen and oxygen atoms in total. The van der Waals surface area contributed by atoms with E-state index in [4.69, 9.17) is 5.11 Å². The second-order valence-electron chi connectivity index (χ2n) is 3.94. The predicted molar refractivity (Wildman–Crippen MR) is 55.9 cm³/mol. The Bertz CT molecular complexity index is 412. The lowest BCUT2D eigenvalue weighted by Gasteiger charge is -2.38. The van der Waals surface area contributed by atoms with Crippen molar-refractivity contribution >= 4 is 11.9 Å². The lowest BCUT2D eigenvalue weighted by Crippen LogP contribution is -2.59. The third-order valence-corrected chi connectivity index (χ3v) is 2.89.